The minimum absolute atomic E-state index is 0.185. The molecular formula is C14H10BrF2NO3S. The SMILES string of the molecule is O=C(Nc1ccccc1S(=O)(=O)C(F)F)c1ccc(Br)cc1. The van der Waals surface area contributed by atoms with E-state index in [4.69, 9.17) is 0 Å². The first kappa shape index (κ1) is 16.6. The molecule has 0 aliphatic carbocycles. The number of hydrogen-bond donors (Lipinski definition) is 1. The number of amides is 1. The van der Waals surface area contributed by atoms with Crippen LogP contribution >= 0.6 is 15.9 Å². The molecule has 0 aliphatic rings. The molecule has 0 bridgehead atoms. The third-order valence-electron chi connectivity index (χ3n) is 2.78. The minimum Gasteiger partial charge on any atom is -0.321 e. The number of para-hydroxylation sites is 1. The van der Waals surface area contributed by atoms with Gasteiger partial charge in [-0.2, -0.15) is 8.78 Å². The van der Waals surface area contributed by atoms with Crippen LogP contribution in [0.25, 0.3) is 0 Å². The summed E-state index contributed by atoms with van der Waals surface area (Å²) in [5.74, 6) is -4.15. The van der Waals surface area contributed by atoms with Gasteiger partial charge in [0.05, 0.1) is 10.6 Å². The summed E-state index contributed by atoms with van der Waals surface area (Å²) in [6.07, 6.45) is 0. The van der Waals surface area contributed by atoms with E-state index < -0.39 is 26.4 Å². The Balaban J connectivity index is 2.35. The lowest BCUT2D eigenvalue weighted by Gasteiger charge is -2.11. The van der Waals surface area contributed by atoms with Gasteiger partial charge < -0.3 is 5.32 Å². The number of halogens is 3. The van der Waals surface area contributed by atoms with Crippen LogP contribution in [0, 0.1) is 0 Å². The maximum Gasteiger partial charge on any atom is 0.341 e. The van der Waals surface area contributed by atoms with Crippen molar-refractivity contribution in [1.82, 2.24) is 0 Å². The molecule has 0 aliphatic heterocycles. The smallest absolute Gasteiger partial charge is 0.321 e. The third-order valence-corrected chi connectivity index (χ3v) is 4.75. The molecule has 22 heavy (non-hydrogen) atoms. The Bertz CT molecular complexity index is 792. The number of anilines is 1. The Hall–Kier alpha value is -1.80. The Morgan fingerprint density at radius 3 is 2.23 bits per heavy atom. The second-order valence-corrected chi connectivity index (χ2v) is 7.06. The van der Waals surface area contributed by atoms with E-state index in [1.165, 1.54) is 30.3 Å². The first-order valence-electron chi connectivity index (χ1n) is 6.00. The monoisotopic (exact) mass is 389 g/mol. The molecule has 0 atom stereocenters. The van der Waals surface area contributed by atoms with E-state index in [9.17, 15) is 22.0 Å². The van der Waals surface area contributed by atoms with E-state index >= 15 is 0 Å². The van der Waals surface area contributed by atoms with E-state index in [-0.39, 0.29) is 11.3 Å². The molecule has 1 amide bonds. The second kappa shape index (κ2) is 6.53. The summed E-state index contributed by atoms with van der Waals surface area (Å²) in [6.45, 7) is 0. The van der Waals surface area contributed by atoms with Gasteiger partial charge in [-0.3, -0.25) is 4.79 Å². The van der Waals surface area contributed by atoms with Crippen molar-refractivity contribution in [2.24, 2.45) is 0 Å². The quantitative estimate of drug-likeness (QED) is 0.866. The molecule has 0 radical (unpaired) electrons. The fourth-order valence-corrected chi connectivity index (χ4v) is 2.86. The normalized spacial score (nSPS) is 11.5. The Morgan fingerprint density at radius 1 is 1.05 bits per heavy atom. The zero-order valence-corrected chi connectivity index (χ0v) is 13.4. The van der Waals surface area contributed by atoms with Crippen molar-refractivity contribution in [2.45, 2.75) is 10.7 Å². The molecule has 0 saturated carbocycles. The Morgan fingerprint density at radius 2 is 1.64 bits per heavy atom. The number of rotatable bonds is 4. The van der Waals surface area contributed by atoms with Gasteiger partial charge in [0.25, 0.3) is 5.91 Å². The third kappa shape index (κ3) is 3.50. The Kier molecular flexibility index (Phi) is 4.92. The predicted octanol–water partition coefficient (Wildman–Crippen LogP) is 3.70. The Labute approximate surface area is 134 Å². The van der Waals surface area contributed by atoms with Crippen LogP contribution in [-0.2, 0) is 9.84 Å². The summed E-state index contributed by atoms with van der Waals surface area (Å²) < 4.78 is 49.3. The number of sulfone groups is 1. The van der Waals surface area contributed by atoms with Gasteiger partial charge in [-0.05, 0) is 36.4 Å². The maximum absolute atomic E-state index is 12.7. The van der Waals surface area contributed by atoms with E-state index in [1.54, 1.807) is 12.1 Å². The summed E-state index contributed by atoms with van der Waals surface area (Å²) in [5, 5.41) is 2.34. The van der Waals surface area contributed by atoms with Crippen molar-refractivity contribution in [2.75, 3.05) is 5.32 Å². The first-order valence-corrected chi connectivity index (χ1v) is 8.34. The largest absolute Gasteiger partial charge is 0.341 e. The van der Waals surface area contributed by atoms with Gasteiger partial charge in [0.2, 0.25) is 9.84 Å². The van der Waals surface area contributed by atoms with E-state index in [0.717, 1.165) is 10.5 Å². The van der Waals surface area contributed by atoms with Gasteiger partial charge in [0.15, 0.2) is 0 Å². The molecular weight excluding hydrogens is 380 g/mol. The molecule has 2 rings (SSSR count). The van der Waals surface area contributed by atoms with Crippen molar-refractivity contribution in [3.8, 4) is 0 Å². The van der Waals surface area contributed by atoms with Crippen LogP contribution < -0.4 is 5.32 Å². The molecule has 116 valence electrons. The summed E-state index contributed by atoms with van der Waals surface area (Å²) >= 11 is 3.22. The number of carbonyl (C=O) groups excluding carboxylic acids is 1. The minimum atomic E-state index is -4.80. The molecule has 0 saturated heterocycles. The first-order chi connectivity index (χ1) is 10.3. The molecule has 2 aromatic rings. The number of carbonyl (C=O) groups is 1. The molecule has 1 N–H and O–H groups in total. The summed E-state index contributed by atoms with van der Waals surface area (Å²) in [5.41, 5.74) is 0.0863. The van der Waals surface area contributed by atoms with Crippen molar-refractivity contribution < 1.29 is 22.0 Å². The number of benzene rings is 2. The average molecular weight is 390 g/mol. The van der Waals surface area contributed by atoms with Crippen molar-refractivity contribution in [1.29, 1.82) is 0 Å². The number of hydrogen-bond acceptors (Lipinski definition) is 3. The zero-order chi connectivity index (χ0) is 16.3. The molecule has 0 fully saturated rings. The fourth-order valence-electron chi connectivity index (χ4n) is 1.71. The van der Waals surface area contributed by atoms with Crippen LogP contribution in [0.15, 0.2) is 57.9 Å². The van der Waals surface area contributed by atoms with Crippen molar-refractivity contribution in [3.05, 3.63) is 58.6 Å². The number of nitrogens with one attached hydrogen (secondary N) is 1. The number of alkyl halides is 2. The van der Waals surface area contributed by atoms with Crippen molar-refractivity contribution >= 4 is 37.4 Å². The van der Waals surface area contributed by atoms with Gasteiger partial charge in [0.1, 0.15) is 0 Å². The summed E-state index contributed by atoms with van der Waals surface area (Å²) in [6, 6.07) is 11.3. The standard InChI is InChI=1S/C14H10BrF2NO3S/c15-10-7-5-9(6-8-10)13(19)18-11-3-1-2-4-12(11)22(20,21)14(16)17/h1-8,14H,(H,18,19). The summed E-state index contributed by atoms with van der Waals surface area (Å²) in [7, 11) is -4.80. The predicted molar refractivity (Wildman–Crippen MR) is 81.7 cm³/mol. The van der Waals surface area contributed by atoms with Crippen LogP contribution in [0.3, 0.4) is 0 Å². The summed E-state index contributed by atoms with van der Waals surface area (Å²) in [4.78, 5) is 11.5. The van der Waals surface area contributed by atoms with Gasteiger partial charge in [-0.15, -0.1) is 0 Å². The zero-order valence-electron chi connectivity index (χ0n) is 11.0. The van der Waals surface area contributed by atoms with E-state index in [2.05, 4.69) is 21.2 Å². The van der Waals surface area contributed by atoms with Gasteiger partial charge in [-0.25, -0.2) is 8.42 Å². The van der Waals surface area contributed by atoms with E-state index in [0.29, 0.717) is 0 Å². The highest BCUT2D eigenvalue weighted by atomic mass is 79.9. The highest BCUT2D eigenvalue weighted by Crippen LogP contribution is 2.26. The van der Waals surface area contributed by atoms with Gasteiger partial charge in [0, 0.05) is 10.0 Å². The topological polar surface area (TPSA) is 63.2 Å². The van der Waals surface area contributed by atoms with Crippen molar-refractivity contribution in [3.63, 3.8) is 0 Å². The highest BCUT2D eigenvalue weighted by molar-refractivity contribution is 9.10. The molecule has 0 heterocycles. The highest BCUT2D eigenvalue weighted by Gasteiger charge is 2.29. The fraction of sp³-hybridized carbons (Fsp3) is 0.0714. The second-order valence-electron chi connectivity index (χ2n) is 4.26. The van der Waals surface area contributed by atoms with Gasteiger partial charge in [-0.1, -0.05) is 28.1 Å². The van der Waals surface area contributed by atoms with Crippen LogP contribution in [0.1, 0.15) is 10.4 Å². The lowest BCUT2D eigenvalue weighted by Crippen LogP contribution is -2.17. The molecule has 0 unspecified atom stereocenters. The molecule has 8 heteroatoms. The lowest BCUT2D eigenvalue weighted by atomic mass is 10.2. The lowest BCUT2D eigenvalue weighted by molar-refractivity contribution is 0.102. The maximum atomic E-state index is 12.7. The molecule has 4 nitrogen and oxygen atoms in total. The van der Waals surface area contributed by atoms with Crippen LogP contribution in [0.2, 0.25) is 0 Å². The van der Waals surface area contributed by atoms with Crippen LogP contribution in [0.5, 0.6) is 0 Å². The molecule has 2 aromatic carbocycles. The molecule has 0 spiro atoms. The molecule has 0 aromatic heterocycles. The van der Waals surface area contributed by atoms with Crippen LogP contribution in [0.4, 0.5) is 14.5 Å². The van der Waals surface area contributed by atoms with E-state index in [1.807, 2.05) is 0 Å². The average Bonchev–Trinajstić information content (AvgIpc) is 2.48. The van der Waals surface area contributed by atoms with Crippen LogP contribution in [-0.4, -0.2) is 20.1 Å². The van der Waals surface area contributed by atoms with Gasteiger partial charge >= 0.3 is 5.76 Å².